The van der Waals surface area contributed by atoms with E-state index in [1.165, 1.54) is 23.1 Å². The smallest absolute Gasteiger partial charge is 0.420 e. The van der Waals surface area contributed by atoms with Crippen molar-refractivity contribution < 1.29 is 9.90 Å². The van der Waals surface area contributed by atoms with Crippen molar-refractivity contribution >= 4 is 39.4 Å². The molecule has 0 unspecified atom stereocenters. The molecule has 23 heavy (non-hydrogen) atoms. The van der Waals surface area contributed by atoms with Gasteiger partial charge in [-0.15, -0.1) is 11.3 Å². The van der Waals surface area contributed by atoms with Crippen molar-refractivity contribution in [2.75, 3.05) is 0 Å². The SMILES string of the molecule is Cc1ccc(C)c(CSc2nc3sccc3c(=O)n2C(=O)O)c1. The van der Waals surface area contributed by atoms with Gasteiger partial charge < -0.3 is 5.11 Å². The Morgan fingerprint density at radius 3 is 2.87 bits per heavy atom. The predicted molar refractivity (Wildman–Crippen MR) is 92.8 cm³/mol. The number of carbonyl (C=O) groups is 1. The topological polar surface area (TPSA) is 72.2 Å². The van der Waals surface area contributed by atoms with Gasteiger partial charge in [0, 0.05) is 5.75 Å². The molecule has 2 heterocycles. The number of hydrogen-bond acceptors (Lipinski definition) is 5. The van der Waals surface area contributed by atoms with Gasteiger partial charge in [0.1, 0.15) is 4.83 Å². The minimum atomic E-state index is -1.31. The number of aromatic nitrogens is 2. The molecule has 0 fully saturated rings. The van der Waals surface area contributed by atoms with E-state index in [9.17, 15) is 14.7 Å². The average molecular weight is 346 g/mol. The van der Waals surface area contributed by atoms with Crippen molar-refractivity contribution in [2.24, 2.45) is 0 Å². The first kappa shape index (κ1) is 15.8. The number of nitrogens with zero attached hydrogens (tertiary/aromatic N) is 2. The van der Waals surface area contributed by atoms with Gasteiger partial charge in [-0.3, -0.25) is 4.79 Å². The summed E-state index contributed by atoms with van der Waals surface area (Å²) < 4.78 is 0.727. The monoisotopic (exact) mass is 346 g/mol. The molecule has 2 aromatic heterocycles. The minimum absolute atomic E-state index is 0.207. The summed E-state index contributed by atoms with van der Waals surface area (Å²) in [6, 6.07) is 7.74. The molecule has 0 aliphatic carbocycles. The van der Waals surface area contributed by atoms with E-state index in [0.717, 1.165) is 21.3 Å². The number of carboxylic acid groups (broad SMARTS) is 1. The predicted octanol–water partition coefficient (Wildman–Crippen LogP) is 3.89. The molecule has 5 nitrogen and oxygen atoms in total. The minimum Gasteiger partial charge on any atom is -0.464 e. The molecule has 0 aliphatic heterocycles. The molecule has 0 saturated heterocycles. The van der Waals surface area contributed by atoms with Crippen LogP contribution < -0.4 is 5.56 Å². The average Bonchev–Trinajstić information content (AvgIpc) is 2.96. The van der Waals surface area contributed by atoms with Crippen LogP contribution in [0, 0.1) is 13.8 Å². The lowest BCUT2D eigenvalue weighted by atomic mass is 10.1. The van der Waals surface area contributed by atoms with E-state index in [0.29, 0.717) is 16.0 Å². The van der Waals surface area contributed by atoms with Crippen LogP contribution in [0.25, 0.3) is 10.2 Å². The largest absolute Gasteiger partial charge is 0.464 e. The number of benzene rings is 1. The van der Waals surface area contributed by atoms with Gasteiger partial charge >= 0.3 is 6.09 Å². The zero-order valence-electron chi connectivity index (χ0n) is 12.6. The van der Waals surface area contributed by atoms with Crippen LogP contribution in [0.15, 0.2) is 39.6 Å². The molecule has 0 bridgehead atoms. The van der Waals surface area contributed by atoms with Crippen LogP contribution in [0.1, 0.15) is 16.7 Å². The van der Waals surface area contributed by atoms with Crippen LogP contribution in [-0.4, -0.2) is 20.8 Å². The summed E-state index contributed by atoms with van der Waals surface area (Å²) >= 11 is 2.59. The van der Waals surface area contributed by atoms with Crippen LogP contribution in [0.2, 0.25) is 0 Å². The second kappa shape index (κ2) is 6.17. The Morgan fingerprint density at radius 1 is 1.35 bits per heavy atom. The number of hydrogen-bond donors (Lipinski definition) is 1. The van der Waals surface area contributed by atoms with Crippen LogP contribution in [-0.2, 0) is 5.75 Å². The number of thioether (sulfide) groups is 1. The first-order valence-electron chi connectivity index (χ1n) is 6.90. The second-order valence-corrected chi connectivity index (χ2v) is 7.01. The summed E-state index contributed by atoms with van der Waals surface area (Å²) in [5.41, 5.74) is 2.84. The second-order valence-electron chi connectivity index (χ2n) is 5.18. The fraction of sp³-hybridized carbons (Fsp3) is 0.188. The molecule has 0 amide bonds. The van der Waals surface area contributed by atoms with Crippen molar-refractivity contribution in [3.8, 4) is 0 Å². The summed E-state index contributed by atoms with van der Waals surface area (Å²) in [6.45, 7) is 4.02. The lowest BCUT2D eigenvalue weighted by Crippen LogP contribution is -2.28. The van der Waals surface area contributed by atoms with Gasteiger partial charge in [-0.25, -0.2) is 9.78 Å². The maximum atomic E-state index is 12.3. The van der Waals surface area contributed by atoms with Gasteiger partial charge in [0.15, 0.2) is 5.16 Å². The number of aryl methyl sites for hydroxylation is 2. The molecule has 7 heteroatoms. The van der Waals surface area contributed by atoms with E-state index in [-0.39, 0.29) is 5.16 Å². The summed E-state index contributed by atoms with van der Waals surface area (Å²) in [5, 5.41) is 11.6. The standard InChI is InChI=1S/C16H14N2O3S2/c1-9-3-4-10(2)11(7-9)8-23-15-17-13-12(5-6-22-13)14(19)18(15)16(20)21/h3-7H,8H2,1-2H3,(H,20,21). The summed E-state index contributed by atoms with van der Waals surface area (Å²) in [7, 11) is 0. The molecule has 3 aromatic rings. The number of thiophene rings is 1. The molecule has 0 spiro atoms. The van der Waals surface area contributed by atoms with Gasteiger partial charge in [-0.05, 0) is 36.4 Å². The first-order chi connectivity index (χ1) is 11.0. The van der Waals surface area contributed by atoms with Gasteiger partial charge in [0.2, 0.25) is 0 Å². The van der Waals surface area contributed by atoms with Crippen molar-refractivity contribution in [2.45, 2.75) is 24.8 Å². The summed E-state index contributed by atoms with van der Waals surface area (Å²) in [4.78, 5) is 28.7. The lowest BCUT2D eigenvalue weighted by molar-refractivity contribution is 0.192. The molecule has 0 radical (unpaired) electrons. The molecule has 1 aromatic carbocycles. The lowest BCUT2D eigenvalue weighted by Gasteiger charge is -2.09. The van der Waals surface area contributed by atoms with E-state index in [4.69, 9.17) is 0 Å². The van der Waals surface area contributed by atoms with Crippen molar-refractivity contribution in [3.05, 3.63) is 56.7 Å². The van der Waals surface area contributed by atoms with Gasteiger partial charge in [-0.1, -0.05) is 35.5 Å². The van der Waals surface area contributed by atoms with E-state index < -0.39 is 11.7 Å². The maximum absolute atomic E-state index is 12.3. The quantitative estimate of drug-likeness (QED) is 0.575. The van der Waals surface area contributed by atoms with E-state index in [1.54, 1.807) is 11.4 Å². The van der Waals surface area contributed by atoms with Crippen molar-refractivity contribution in [3.63, 3.8) is 0 Å². The van der Waals surface area contributed by atoms with E-state index in [2.05, 4.69) is 11.1 Å². The van der Waals surface area contributed by atoms with Gasteiger partial charge in [-0.2, -0.15) is 4.57 Å². The molecule has 0 aliphatic rings. The third kappa shape index (κ3) is 3.02. The Labute approximate surface area is 140 Å². The Hall–Kier alpha value is -2.12. The van der Waals surface area contributed by atoms with Crippen LogP contribution >= 0.6 is 23.1 Å². The van der Waals surface area contributed by atoms with Gasteiger partial charge in [0.25, 0.3) is 5.56 Å². The first-order valence-corrected chi connectivity index (χ1v) is 8.76. The molecule has 0 atom stereocenters. The molecule has 0 saturated carbocycles. The highest BCUT2D eigenvalue weighted by molar-refractivity contribution is 7.98. The highest BCUT2D eigenvalue weighted by Gasteiger charge is 2.17. The van der Waals surface area contributed by atoms with Crippen LogP contribution in [0.4, 0.5) is 4.79 Å². The Morgan fingerprint density at radius 2 is 2.13 bits per heavy atom. The third-order valence-corrected chi connectivity index (χ3v) is 5.31. The van der Waals surface area contributed by atoms with Gasteiger partial charge in [0.05, 0.1) is 5.39 Å². The van der Waals surface area contributed by atoms with E-state index >= 15 is 0 Å². The summed E-state index contributed by atoms with van der Waals surface area (Å²) in [5.74, 6) is 0.560. The molecule has 1 N–H and O–H groups in total. The number of rotatable bonds is 3. The maximum Gasteiger partial charge on any atom is 0.420 e. The normalized spacial score (nSPS) is 11.0. The molecule has 118 valence electrons. The molecular weight excluding hydrogens is 332 g/mol. The van der Waals surface area contributed by atoms with Crippen LogP contribution in [0.3, 0.4) is 0 Å². The Balaban J connectivity index is 2.02. The highest BCUT2D eigenvalue weighted by Crippen LogP contribution is 2.25. The molecular formula is C16H14N2O3S2. The third-order valence-electron chi connectivity index (χ3n) is 3.52. The summed E-state index contributed by atoms with van der Waals surface area (Å²) in [6.07, 6.45) is -1.31. The molecule has 3 rings (SSSR count). The fourth-order valence-electron chi connectivity index (χ4n) is 2.26. The van der Waals surface area contributed by atoms with Crippen LogP contribution in [0.5, 0.6) is 0 Å². The Bertz CT molecular complexity index is 960. The van der Waals surface area contributed by atoms with Crippen molar-refractivity contribution in [1.82, 2.24) is 9.55 Å². The number of fused-ring (bicyclic) bond motifs is 1. The van der Waals surface area contributed by atoms with Crippen molar-refractivity contribution in [1.29, 1.82) is 0 Å². The van der Waals surface area contributed by atoms with E-state index in [1.807, 2.05) is 26.0 Å². The zero-order valence-corrected chi connectivity index (χ0v) is 14.2. The fourth-order valence-corrected chi connectivity index (χ4v) is 4.11. The Kier molecular flexibility index (Phi) is 4.23. The highest BCUT2D eigenvalue weighted by atomic mass is 32.2. The zero-order chi connectivity index (χ0) is 16.6.